The van der Waals surface area contributed by atoms with E-state index in [0.29, 0.717) is 11.8 Å². The molecular weight excluding hydrogens is 258 g/mol. The predicted octanol–water partition coefficient (Wildman–Crippen LogP) is 5.69. The fraction of sp³-hybridized carbons (Fsp3) is 0.947. The van der Waals surface area contributed by atoms with Crippen LogP contribution >= 0.6 is 0 Å². The van der Waals surface area contributed by atoms with Crippen molar-refractivity contribution in [2.75, 3.05) is 0 Å². The van der Waals surface area contributed by atoms with E-state index in [-0.39, 0.29) is 11.3 Å². The SMILES string of the molecule is CCCCC(CC)CC(C)(CC(CC)CCCC)C(N)=O. The molecule has 0 aliphatic heterocycles. The fourth-order valence-corrected chi connectivity index (χ4v) is 3.45. The number of hydrogen-bond acceptors (Lipinski definition) is 1. The van der Waals surface area contributed by atoms with Gasteiger partial charge >= 0.3 is 0 Å². The Morgan fingerprint density at radius 3 is 1.52 bits per heavy atom. The molecule has 0 fully saturated rings. The van der Waals surface area contributed by atoms with Crippen LogP contribution in [0.1, 0.15) is 98.8 Å². The average Bonchev–Trinajstić information content (AvgIpc) is 2.47. The Morgan fingerprint density at radius 1 is 0.905 bits per heavy atom. The van der Waals surface area contributed by atoms with Gasteiger partial charge in [-0.15, -0.1) is 0 Å². The van der Waals surface area contributed by atoms with Gasteiger partial charge in [-0.05, 0) is 24.7 Å². The summed E-state index contributed by atoms with van der Waals surface area (Å²) in [4.78, 5) is 12.1. The third-order valence-corrected chi connectivity index (χ3v) is 5.16. The highest BCUT2D eigenvalue weighted by Crippen LogP contribution is 2.38. The van der Waals surface area contributed by atoms with Gasteiger partial charge in [-0.3, -0.25) is 4.79 Å². The number of carbonyl (C=O) groups excluding carboxylic acids is 1. The second kappa shape index (κ2) is 11.1. The van der Waals surface area contributed by atoms with Gasteiger partial charge < -0.3 is 5.73 Å². The standard InChI is InChI=1S/C19H39NO/c1-6-10-12-16(8-3)14-19(5,18(20)21)15-17(9-4)13-11-7-2/h16-17H,6-15H2,1-5H3,(H2,20,21). The topological polar surface area (TPSA) is 43.1 Å². The molecule has 2 nitrogen and oxygen atoms in total. The zero-order chi connectivity index (χ0) is 16.3. The lowest BCUT2D eigenvalue weighted by atomic mass is 9.71. The highest BCUT2D eigenvalue weighted by atomic mass is 16.1. The van der Waals surface area contributed by atoms with Gasteiger partial charge in [0.2, 0.25) is 5.91 Å². The van der Waals surface area contributed by atoms with Gasteiger partial charge in [0.25, 0.3) is 0 Å². The highest BCUT2D eigenvalue weighted by Gasteiger charge is 2.35. The van der Waals surface area contributed by atoms with E-state index < -0.39 is 0 Å². The molecule has 0 saturated heterocycles. The lowest BCUT2D eigenvalue weighted by Gasteiger charge is -2.33. The molecule has 0 aliphatic carbocycles. The van der Waals surface area contributed by atoms with Crippen LogP contribution in [0.4, 0.5) is 0 Å². The molecule has 1 amide bonds. The van der Waals surface area contributed by atoms with Crippen molar-refractivity contribution < 1.29 is 4.79 Å². The van der Waals surface area contributed by atoms with E-state index in [9.17, 15) is 4.79 Å². The molecule has 0 saturated carbocycles. The first kappa shape index (κ1) is 20.5. The van der Waals surface area contributed by atoms with Crippen molar-refractivity contribution in [2.24, 2.45) is 23.0 Å². The minimum atomic E-state index is -0.317. The van der Waals surface area contributed by atoms with Gasteiger partial charge in [-0.2, -0.15) is 0 Å². The maximum absolute atomic E-state index is 12.1. The van der Waals surface area contributed by atoms with E-state index in [1.807, 2.05) is 0 Å². The number of carbonyl (C=O) groups is 1. The number of hydrogen-bond donors (Lipinski definition) is 1. The van der Waals surface area contributed by atoms with Crippen molar-refractivity contribution in [1.29, 1.82) is 0 Å². The van der Waals surface area contributed by atoms with Crippen LogP contribution in [-0.4, -0.2) is 5.91 Å². The van der Waals surface area contributed by atoms with E-state index in [1.165, 1.54) is 38.5 Å². The maximum atomic E-state index is 12.1. The van der Waals surface area contributed by atoms with Crippen LogP contribution in [-0.2, 0) is 4.79 Å². The molecule has 2 atom stereocenters. The first-order chi connectivity index (χ1) is 9.93. The Bertz CT molecular complexity index is 257. The van der Waals surface area contributed by atoms with Gasteiger partial charge in [0.15, 0.2) is 0 Å². The van der Waals surface area contributed by atoms with Crippen LogP contribution in [0, 0.1) is 17.3 Å². The van der Waals surface area contributed by atoms with Gasteiger partial charge in [0.05, 0.1) is 0 Å². The van der Waals surface area contributed by atoms with Crippen molar-refractivity contribution in [2.45, 2.75) is 98.8 Å². The number of unbranched alkanes of at least 4 members (excludes halogenated alkanes) is 2. The Morgan fingerprint density at radius 2 is 1.29 bits per heavy atom. The Balaban J connectivity index is 4.75. The Hall–Kier alpha value is -0.530. The lowest BCUT2D eigenvalue weighted by Crippen LogP contribution is -2.38. The molecule has 2 heteroatoms. The second-order valence-electron chi connectivity index (χ2n) is 7.17. The third kappa shape index (κ3) is 7.87. The molecule has 0 bridgehead atoms. The van der Waals surface area contributed by atoms with Crippen LogP contribution in [0.2, 0.25) is 0 Å². The van der Waals surface area contributed by atoms with E-state index in [4.69, 9.17) is 5.73 Å². The molecule has 2 unspecified atom stereocenters. The molecule has 0 aromatic rings. The smallest absolute Gasteiger partial charge is 0.223 e. The monoisotopic (exact) mass is 297 g/mol. The third-order valence-electron chi connectivity index (χ3n) is 5.16. The molecule has 0 aromatic carbocycles. The summed E-state index contributed by atoms with van der Waals surface area (Å²) in [6, 6.07) is 0. The lowest BCUT2D eigenvalue weighted by molar-refractivity contribution is -0.129. The first-order valence-corrected chi connectivity index (χ1v) is 9.23. The van der Waals surface area contributed by atoms with Crippen LogP contribution in [0.25, 0.3) is 0 Å². The van der Waals surface area contributed by atoms with Crippen molar-refractivity contribution in [1.82, 2.24) is 0 Å². The molecule has 0 radical (unpaired) electrons. The normalized spacial score (nSPS) is 17.2. The van der Waals surface area contributed by atoms with Crippen LogP contribution in [0.3, 0.4) is 0 Å². The molecule has 2 N–H and O–H groups in total. The fourth-order valence-electron chi connectivity index (χ4n) is 3.45. The van der Waals surface area contributed by atoms with Gasteiger partial charge in [-0.25, -0.2) is 0 Å². The zero-order valence-electron chi connectivity index (χ0n) is 15.2. The van der Waals surface area contributed by atoms with E-state index in [1.54, 1.807) is 0 Å². The van der Waals surface area contributed by atoms with E-state index in [2.05, 4.69) is 34.6 Å². The molecule has 0 rings (SSSR count). The average molecular weight is 298 g/mol. The number of rotatable bonds is 13. The van der Waals surface area contributed by atoms with E-state index >= 15 is 0 Å². The summed E-state index contributed by atoms with van der Waals surface area (Å²) in [7, 11) is 0. The van der Waals surface area contributed by atoms with Gasteiger partial charge in [0.1, 0.15) is 0 Å². The Kier molecular flexibility index (Phi) is 10.8. The van der Waals surface area contributed by atoms with Crippen molar-refractivity contribution in [3.63, 3.8) is 0 Å². The number of primary amides is 1. The van der Waals surface area contributed by atoms with Crippen LogP contribution < -0.4 is 5.73 Å². The largest absolute Gasteiger partial charge is 0.369 e. The molecule has 21 heavy (non-hydrogen) atoms. The maximum Gasteiger partial charge on any atom is 0.223 e. The molecule has 0 heterocycles. The number of amides is 1. The molecule has 0 spiro atoms. The minimum absolute atomic E-state index is 0.0904. The summed E-state index contributed by atoms with van der Waals surface area (Å²) in [5.41, 5.74) is 5.48. The summed E-state index contributed by atoms with van der Waals surface area (Å²) < 4.78 is 0. The minimum Gasteiger partial charge on any atom is -0.369 e. The first-order valence-electron chi connectivity index (χ1n) is 9.23. The second-order valence-corrected chi connectivity index (χ2v) is 7.17. The van der Waals surface area contributed by atoms with E-state index in [0.717, 1.165) is 25.7 Å². The van der Waals surface area contributed by atoms with Crippen LogP contribution in [0.15, 0.2) is 0 Å². The summed E-state index contributed by atoms with van der Waals surface area (Å²) in [5.74, 6) is 1.20. The molecule has 126 valence electrons. The summed E-state index contributed by atoms with van der Waals surface area (Å²) in [6.07, 6.45) is 11.7. The summed E-state index contributed by atoms with van der Waals surface area (Å²) in [5, 5.41) is 0. The molecular formula is C19H39NO. The van der Waals surface area contributed by atoms with Gasteiger partial charge in [0, 0.05) is 5.41 Å². The summed E-state index contributed by atoms with van der Waals surface area (Å²) in [6.45, 7) is 11.1. The summed E-state index contributed by atoms with van der Waals surface area (Å²) >= 11 is 0. The zero-order valence-corrected chi connectivity index (χ0v) is 15.2. The van der Waals surface area contributed by atoms with Crippen molar-refractivity contribution in [3.8, 4) is 0 Å². The number of nitrogens with two attached hydrogens (primary N) is 1. The quantitative estimate of drug-likeness (QED) is 0.466. The van der Waals surface area contributed by atoms with Crippen molar-refractivity contribution >= 4 is 5.91 Å². The molecule has 0 aliphatic rings. The highest BCUT2D eigenvalue weighted by molar-refractivity contribution is 5.80. The molecule has 0 aromatic heterocycles. The predicted molar refractivity (Wildman–Crippen MR) is 93.1 cm³/mol. The Labute approximate surface area is 133 Å². The van der Waals surface area contributed by atoms with Gasteiger partial charge in [-0.1, -0.05) is 86.0 Å². The van der Waals surface area contributed by atoms with Crippen molar-refractivity contribution in [3.05, 3.63) is 0 Å². The van der Waals surface area contributed by atoms with Crippen LogP contribution in [0.5, 0.6) is 0 Å².